The first-order valence-corrected chi connectivity index (χ1v) is 6.11. The van der Waals surface area contributed by atoms with Crippen LogP contribution in [0.3, 0.4) is 0 Å². The first-order valence-electron chi connectivity index (χ1n) is 4.95. The summed E-state index contributed by atoms with van der Waals surface area (Å²) in [6.45, 7) is 5.48. The third kappa shape index (κ3) is 7.21. The Balaban J connectivity index is 3.23. The van der Waals surface area contributed by atoms with Crippen LogP contribution in [0.1, 0.15) is 20.3 Å². The Labute approximate surface area is 90.5 Å². The zero-order chi connectivity index (χ0) is 10.8. The highest BCUT2D eigenvalue weighted by Gasteiger charge is 2.11. The molecule has 0 saturated carbocycles. The lowest BCUT2D eigenvalue weighted by atomic mass is 10.2. The van der Waals surface area contributed by atoms with E-state index in [1.807, 2.05) is 13.8 Å². The van der Waals surface area contributed by atoms with Crippen molar-refractivity contribution in [2.75, 3.05) is 31.8 Å². The molecule has 0 saturated heterocycles. The van der Waals surface area contributed by atoms with Gasteiger partial charge in [-0.2, -0.15) is 11.8 Å². The molecule has 3 nitrogen and oxygen atoms in total. The van der Waals surface area contributed by atoms with Gasteiger partial charge in [0.05, 0.1) is 13.0 Å². The molecule has 0 heterocycles. The number of esters is 1. The summed E-state index contributed by atoms with van der Waals surface area (Å²) in [5, 5.41) is 0. The Kier molecular flexibility index (Phi) is 9.19. The van der Waals surface area contributed by atoms with Crippen LogP contribution in [0.2, 0.25) is 0 Å². The van der Waals surface area contributed by atoms with Gasteiger partial charge in [0.15, 0.2) is 0 Å². The van der Waals surface area contributed by atoms with Crippen molar-refractivity contribution in [3.8, 4) is 0 Å². The Hall–Kier alpha value is -0.220. The summed E-state index contributed by atoms with van der Waals surface area (Å²) in [5.41, 5.74) is 0. The molecule has 0 rings (SSSR count). The lowest BCUT2D eigenvalue weighted by Gasteiger charge is -2.08. The summed E-state index contributed by atoms with van der Waals surface area (Å²) in [6.07, 6.45) is 1.05. The van der Waals surface area contributed by atoms with Crippen molar-refractivity contribution in [2.24, 2.45) is 5.92 Å². The van der Waals surface area contributed by atoms with Gasteiger partial charge in [-0.05, 0) is 19.1 Å². The van der Waals surface area contributed by atoms with Gasteiger partial charge in [-0.1, -0.05) is 6.92 Å². The normalized spacial score (nSPS) is 12.5. The second-order valence-electron chi connectivity index (χ2n) is 3.05. The standard InChI is InChI=1S/C10H20O3S/c1-4-13-6-5-7-14-8-9(2)10(11)12-3/h9H,4-8H2,1-3H3. The van der Waals surface area contributed by atoms with Crippen molar-refractivity contribution < 1.29 is 14.3 Å². The highest BCUT2D eigenvalue weighted by molar-refractivity contribution is 7.99. The van der Waals surface area contributed by atoms with E-state index in [1.54, 1.807) is 11.8 Å². The summed E-state index contributed by atoms with van der Waals surface area (Å²) in [4.78, 5) is 11.0. The first-order chi connectivity index (χ1) is 6.72. The van der Waals surface area contributed by atoms with Gasteiger partial charge in [-0.3, -0.25) is 4.79 Å². The summed E-state index contributed by atoms with van der Waals surface area (Å²) in [6, 6.07) is 0. The monoisotopic (exact) mass is 220 g/mol. The summed E-state index contributed by atoms with van der Waals surface area (Å²) in [5.74, 6) is 1.75. The minimum atomic E-state index is -0.123. The minimum absolute atomic E-state index is 0.00269. The number of thioether (sulfide) groups is 1. The predicted octanol–water partition coefficient (Wildman–Crippen LogP) is 1.96. The number of rotatable bonds is 8. The molecule has 4 heteroatoms. The van der Waals surface area contributed by atoms with Crippen LogP contribution in [-0.2, 0) is 14.3 Å². The quantitative estimate of drug-likeness (QED) is 0.463. The highest BCUT2D eigenvalue weighted by atomic mass is 32.2. The zero-order valence-electron chi connectivity index (χ0n) is 9.25. The zero-order valence-corrected chi connectivity index (χ0v) is 10.1. The van der Waals surface area contributed by atoms with Gasteiger partial charge >= 0.3 is 5.97 Å². The van der Waals surface area contributed by atoms with Crippen molar-refractivity contribution >= 4 is 17.7 Å². The van der Waals surface area contributed by atoms with E-state index in [0.717, 1.165) is 31.1 Å². The highest BCUT2D eigenvalue weighted by Crippen LogP contribution is 2.10. The fourth-order valence-electron chi connectivity index (χ4n) is 0.937. The SMILES string of the molecule is CCOCCCSCC(C)C(=O)OC. The molecule has 0 aliphatic rings. The average molecular weight is 220 g/mol. The molecule has 0 bridgehead atoms. The molecule has 1 unspecified atom stereocenters. The average Bonchev–Trinajstić information content (AvgIpc) is 2.21. The van der Waals surface area contributed by atoms with E-state index in [-0.39, 0.29) is 11.9 Å². The van der Waals surface area contributed by atoms with Crippen molar-refractivity contribution in [1.29, 1.82) is 0 Å². The van der Waals surface area contributed by atoms with Gasteiger partial charge in [0.1, 0.15) is 0 Å². The summed E-state index contributed by atoms with van der Waals surface area (Å²) in [7, 11) is 1.43. The van der Waals surface area contributed by atoms with E-state index < -0.39 is 0 Å². The first kappa shape index (κ1) is 13.8. The Morgan fingerprint density at radius 3 is 2.79 bits per heavy atom. The molecule has 1 atom stereocenters. The molecule has 0 N–H and O–H groups in total. The molecule has 0 radical (unpaired) electrons. The van der Waals surface area contributed by atoms with E-state index >= 15 is 0 Å². The minimum Gasteiger partial charge on any atom is -0.469 e. The van der Waals surface area contributed by atoms with Gasteiger partial charge in [0.25, 0.3) is 0 Å². The van der Waals surface area contributed by atoms with Gasteiger partial charge < -0.3 is 9.47 Å². The van der Waals surface area contributed by atoms with E-state index in [2.05, 4.69) is 4.74 Å². The molecule has 84 valence electrons. The van der Waals surface area contributed by atoms with Crippen molar-refractivity contribution in [3.63, 3.8) is 0 Å². The van der Waals surface area contributed by atoms with Crippen LogP contribution in [0.5, 0.6) is 0 Å². The second-order valence-corrected chi connectivity index (χ2v) is 4.20. The van der Waals surface area contributed by atoms with Crippen LogP contribution < -0.4 is 0 Å². The molecule has 0 aromatic heterocycles. The molecule has 14 heavy (non-hydrogen) atoms. The molecule has 0 aromatic rings. The van der Waals surface area contributed by atoms with E-state index in [0.29, 0.717) is 0 Å². The third-order valence-corrected chi connectivity index (χ3v) is 3.07. The lowest BCUT2D eigenvalue weighted by molar-refractivity contribution is -0.143. The molecule has 0 spiro atoms. The van der Waals surface area contributed by atoms with Gasteiger partial charge in [-0.25, -0.2) is 0 Å². The Morgan fingerprint density at radius 1 is 1.50 bits per heavy atom. The van der Waals surface area contributed by atoms with Crippen LogP contribution in [0.15, 0.2) is 0 Å². The summed E-state index contributed by atoms with van der Waals surface area (Å²) < 4.78 is 9.83. The Morgan fingerprint density at radius 2 is 2.21 bits per heavy atom. The maximum atomic E-state index is 11.0. The van der Waals surface area contributed by atoms with Crippen LogP contribution >= 0.6 is 11.8 Å². The lowest BCUT2D eigenvalue weighted by Crippen LogP contribution is -2.15. The van der Waals surface area contributed by atoms with Gasteiger partial charge in [-0.15, -0.1) is 0 Å². The van der Waals surface area contributed by atoms with Crippen LogP contribution in [0.4, 0.5) is 0 Å². The molecular formula is C10H20O3S. The van der Waals surface area contributed by atoms with Crippen molar-refractivity contribution in [1.82, 2.24) is 0 Å². The molecule has 0 aliphatic carbocycles. The molecular weight excluding hydrogens is 200 g/mol. The molecule has 0 amide bonds. The van der Waals surface area contributed by atoms with E-state index in [4.69, 9.17) is 4.74 Å². The van der Waals surface area contributed by atoms with Crippen LogP contribution in [0.25, 0.3) is 0 Å². The van der Waals surface area contributed by atoms with Crippen LogP contribution in [0, 0.1) is 5.92 Å². The topological polar surface area (TPSA) is 35.5 Å². The third-order valence-electron chi connectivity index (χ3n) is 1.75. The maximum absolute atomic E-state index is 11.0. The maximum Gasteiger partial charge on any atom is 0.309 e. The van der Waals surface area contributed by atoms with Crippen LogP contribution in [-0.4, -0.2) is 37.8 Å². The van der Waals surface area contributed by atoms with Gasteiger partial charge in [0, 0.05) is 19.0 Å². The van der Waals surface area contributed by atoms with E-state index in [9.17, 15) is 4.79 Å². The predicted molar refractivity (Wildman–Crippen MR) is 59.6 cm³/mol. The number of hydrogen-bond donors (Lipinski definition) is 0. The molecule has 0 aliphatic heterocycles. The smallest absolute Gasteiger partial charge is 0.309 e. The Bertz CT molecular complexity index is 150. The fourth-order valence-corrected chi connectivity index (χ4v) is 1.92. The molecule has 0 fully saturated rings. The summed E-state index contributed by atoms with van der Waals surface area (Å²) >= 11 is 1.77. The van der Waals surface area contributed by atoms with Crippen molar-refractivity contribution in [2.45, 2.75) is 20.3 Å². The number of ether oxygens (including phenoxy) is 2. The van der Waals surface area contributed by atoms with E-state index in [1.165, 1.54) is 7.11 Å². The number of hydrogen-bond acceptors (Lipinski definition) is 4. The van der Waals surface area contributed by atoms with Gasteiger partial charge in [0.2, 0.25) is 0 Å². The largest absolute Gasteiger partial charge is 0.469 e. The number of carbonyl (C=O) groups is 1. The molecule has 0 aromatic carbocycles. The second kappa shape index (κ2) is 9.34. The number of methoxy groups -OCH3 is 1. The van der Waals surface area contributed by atoms with Crippen molar-refractivity contribution in [3.05, 3.63) is 0 Å². The fraction of sp³-hybridized carbons (Fsp3) is 0.900. The number of carbonyl (C=O) groups excluding carboxylic acids is 1.